The number of rotatable bonds is 8. The number of allylic oxidation sites excluding steroid dienone is 2. The van der Waals surface area contributed by atoms with Crippen LogP contribution in [-0.4, -0.2) is 34.7 Å². The van der Waals surface area contributed by atoms with Crippen molar-refractivity contribution in [3.63, 3.8) is 0 Å². The number of carboxylic acid groups (broad SMARTS) is 1. The molecule has 0 bridgehead atoms. The second-order valence-electron chi connectivity index (χ2n) is 2.93. The van der Waals surface area contributed by atoms with Gasteiger partial charge in [0.05, 0.1) is 0 Å². The van der Waals surface area contributed by atoms with Crippen LogP contribution in [0.2, 0.25) is 0 Å². The molecule has 0 aliphatic heterocycles. The van der Waals surface area contributed by atoms with Gasteiger partial charge in [0.15, 0.2) is 0 Å². The van der Waals surface area contributed by atoms with Crippen LogP contribution in [0, 0.1) is 0 Å². The maximum Gasteiger partial charge on any atom is 0.345 e. The van der Waals surface area contributed by atoms with Crippen molar-refractivity contribution < 1.29 is 19.4 Å². The van der Waals surface area contributed by atoms with Crippen molar-refractivity contribution in [1.29, 1.82) is 0 Å². The number of thioether (sulfide) groups is 1. The average Bonchev–Trinajstić information content (AvgIpc) is 2.25. The van der Waals surface area contributed by atoms with Crippen LogP contribution < -0.4 is 0 Å². The maximum absolute atomic E-state index is 11.1. The van der Waals surface area contributed by atoms with E-state index in [1.54, 1.807) is 0 Å². The van der Waals surface area contributed by atoms with Gasteiger partial charge in [0, 0.05) is 11.8 Å². The Kier molecular flexibility index (Phi) is 8.34. The summed E-state index contributed by atoms with van der Waals surface area (Å²) >= 11 is 1.45. The molecule has 16 heavy (non-hydrogen) atoms. The molecule has 0 aromatic heterocycles. The van der Waals surface area contributed by atoms with Crippen molar-refractivity contribution in [3.8, 4) is 0 Å². The molecule has 1 N–H and O–H groups in total. The fourth-order valence-corrected chi connectivity index (χ4v) is 1.70. The SMILES string of the molecule is C=C/C=C/C(=O)OC(CSCCC)C(=O)O. The van der Waals surface area contributed by atoms with Gasteiger partial charge in [0.2, 0.25) is 6.10 Å². The zero-order valence-corrected chi connectivity index (χ0v) is 10.0. The lowest BCUT2D eigenvalue weighted by molar-refractivity contribution is -0.158. The number of ether oxygens (including phenoxy) is 1. The largest absolute Gasteiger partial charge is 0.478 e. The van der Waals surface area contributed by atoms with E-state index in [-0.39, 0.29) is 5.75 Å². The number of hydrogen-bond donors (Lipinski definition) is 1. The molecular formula is C11H16O4S. The third kappa shape index (κ3) is 7.11. The van der Waals surface area contributed by atoms with Crippen molar-refractivity contribution in [2.24, 2.45) is 0 Å². The Bertz CT molecular complexity index is 273. The molecule has 0 heterocycles. The summed E-state index contributed by atoms with van der Waals surface area (Å²) in [7, 11) is 0. The first kappa shape index (κ1) is 14.8. The van der Waals surface area contributed by atoms with Gasteiger partial charge >= 0.3 is 11.9 Å². The number of esters is 1. The second kappa shape index (κ2) is 9.03. The highest BCUT2D eigenvalue weighted by Crippen LogP contribution is 2.08. The average molecular weight is 244 g/mol. The van der Waals surface area contributed by atoms with Crippen LogP contribution in [0.25, 0.3) is 0 Å². The minimum absolute atomic E-state index is 0.275. The van der Waals surface area contributed by atoms with E-state index in [1.165, 1.54) is 23.9 Å². The van der Waals surface area contributed by atoms with E-state index in [4.69, 9.17) is 9.84 Å². The molecule has 90 valence electrons. The topological polar surface area (TPSA) is 63.6 Å². The monoisotopic (exact) mass is 244 g/mol. The van der Waals surface area contributed by atoms with Crippen molar-refractivity contribution in [3.05, 3.63) is 24.8 Å². The van der Waals surface area contributed by atoms with Crippen molar-refractivity contribution in [2.45, 2.75) is 19.4 Å². The quantitative estimate of drug-likeness (QED) is 0.305. The molecule has 0 spiro atoms. The Morgan fingerprint density at radius 3 is 2.75 bits per heavy atom. The van der Waals surface area contributed by atoms with E-state index < -0.39 is 18.0 Å². The Morgan fingerprint density at radius 1 is 1.56 bits per heavy atom. The van der Waals surface area contributed by atoms with Crippen LogP contribution in [0.1, 0.15) is 13.3 Å². The molecule has 0 aromatic rings. The first-order valence-corrected chi connectivity index (χ1v) is 6.07. The van der Waals surface area contributed by atoms with Crippen molar-refractivity contribution in [1.82, 2.24) is 0 Å². The molecule has 0 saturated carbocycles. The number of aliphatic carboxylic acids is 1. The van der Waals surface area contributed by atoms with Gasteiger partial charge in [0.1, 0.15) is 0 Å². The predicted octanol–water partition coefficient (Wildman–Crippen LogP) is 1.87. The van der Waals surface area contributed by atoms with Crippen molar-refractivity contribution >= 4 is 23.7 Å². The van der Waals surface area contributed by atoms with E-state index in [9.17, 15) is 9.59 Å². The van der Waals surface area contributed by atoms with Crippen molar-refractivity contribution in [2.75, 3.05) is 11.5 Å². The van der Waals surface area contributed by atoms with Gasteiger partial charge in [-0.25, -0.2) is 9.59 Å². The normalized spacial score (nSPS) is 12.3. The maximum atomic E-state index is 11.1. The van der Waals surface area contributed by atoms with Gasteiger partial charge in [-0.3, -0.25) is 0 Å². The van der Waals surface area contributed by atoms with Gasteiger partial charge in [-0.2, -0.15) is 11.8 Å². The van der Waals surface area contributed by atoms with Crippen LogP contribution in [-0.2, 0) is 14.3 Å². The van der Waals surface area contributed by atoms with E-state index >= 15 is 0 Å². The molecule has 4 nitrogen and oxygen atoms in total. The minimum atomic E-state index is -1.12. The summed E-state index contributed by atoms with van der Waals surface area (Å²) in [4.78, 5) is 21.9. The van der Waals surface area contributed by atoms with Crippen LogP contribution in [0.15, 0.2) is 24.8 Å². The summed E-state index contributed by atoms with van der Waals surface area (Å²) in [5.41, 5.74) is 0. The number of carboxylic acids is 1. The summed E-state index contributed by atoms with van der Waals surface area (Å²) in [6.45, 7) is 5.39. The van der Waals surface area contributed by atoms with Crippen LogP contribution in [0.4, 0.5) is 0 Å². The van der Waals surface area contributed by atoms with Gasteiger partial charge in [-0.05, 0) is 12.2 Å². The molecule has 0 aliphatic carbocycles. The molecule has 0 fully saturated rings. The molecule has 0 radical (unpaired) electrons. The summed E-state index contributed by atoms with van der Waals surface area (Å²) in [6.07, 6.45) is 3.84. The summed E-state index contributed by atoms with van der Waals surface area (Å²) in [6, 6.07) is 0. The van der Waals surface area contributed by atoms with Gasteiger partial charge < -0.3 is 9.84 Å². The van der Waals surface area contributed by atoms with Crippen LogP contribution >= 0.6 is 11.8 Å². The van der Waals surface area contributed by atoms with E-state index in [1.807, 2.05) is 6.92 Å². The summed E-state index contributed by atoms with van der Waals surface area (Å²) < 4.78 is 4.77. The Labute approximate surface area is 99.4 Å². The predicted molar refractivity (Wildman–Crippen MR) is 64.5 cm³/mol. The van der Waals surface area contributed by atoms with Gasteiger partial charge in [-0.1, -0.05) is 25.7 Å². The zero-order chi connectivity index (χ0) is 12.4. The van der Waals surface area contributed by atoms with E-state index in [0.29, 0.717) is 0 Å². The molecule has 5 heteroatoms. The summed E-state index contributed by atoms with van der Waals surface area (Å²) in [5.74, 6) is -0.658. The zero-order valence-electron chi connectivity index (χ0n) is 9.22. The molecule has 0 saturated heterocycles. The van der Waals surface area contributed by atoms with Crippen LogP contribution in [0.5, 0.6) is 0 Å². The highest BCUT2D eigenvalue weighted by Gasteiger charge is 2.20. The number of carbonyl (C=O) groups is 2. The summed E-state index contributed by atoms with van der Waals surface area (Å²) in [5, 5.41) is 8.81. The highest BCUT2D eigenvalue weighted by molar-refractivity contribution is 7.99. The molecule has 0 rings (SSSR count). The molecule has 0 aromatic carbocycles. The second-order valence-corrected chi connectivity index (χ2v) is 4.08. The van der Waals surface area contributed by atoms with Crippen LogP contribution in [0.3, 0.4) is 0 Å². The van der Waals surface area contributed by atoms with E-state index in [2.05, 4.69) is 6.58 Å². The first-order valence-electron chi connectivity index (χ1n) is 4.92. The number of carbonyl (C=O) groups excluding carboxylic acids is 1. The first-order chi connectivity index (χ1) is 7.61. The Hall–Kier alpha value is -1.23. The lowest BCUT2D eigenvalue weighted by atomic mass is 10.4. The highest BCUT2D eigenvalue weighted by atomic mass is 32.2. The Morgan fingerprint density at radius 2 is 2.25 bits per heavy atom. The molecule has 0 aliphatic rings. The molecule has 1 unspecified atom stereocenters. The smallest absolute Gasteiger partial charge is 0.345 e. The van der Waals surface area contributed by atoms with E-state index in [0.717, 1.165) is 18.2 Å². The lowest BCUT2D eigenvalue weighted by Gasteiger charge is -2.11. The standard InChI is InChI=1S/C11H16O4S/c1-3-5-6-10(12)15-9(11(13)14)8-16-7-4-2/h3,5-6,9H,1,4,7-8H2,2H3,(H,13,14)/b6-5+. The molecule has 1 atom stereocenters. The number of hydrogen-bond acceptors (Lipinski definition) is 4. The lowest BCUT2D eigenvalue weighted by Crippen LogP contribution is -2.28. The van der Waals surface area contributed by atoms with Gasteiger partial charge in [-0.15, -0.1) is 0 Å². The molecule has 0 amide bonds. The fourth-order valence-electron chi connectivity index (χ4n) is 0.817. The fraction of sp³-hybridized carbons (Fsp3) is 0.455. The third-order valence-electron chi connectivity index (χ3n) is 1.52. The molecular weight excluding hydrogens is 228 g/mol. The third-order valence-corrected chi connectivity index (χ3v) is 2.76. The van der Waals surface area contributed by atoms with Gasteiger partial charge in [0.25, 0.3) is 0 Å². The minimum Gasteiger partial charge on any atom is -0.478 e. The Balaban J connectivity index is 4.12.